The molecule has 0 aliphatic carbocycles. The number of rotatable bonds is 3. The lowest BCUT2D eigenvalue weighted by Crippen LogP contribution is -2.45. The Balaban J connectivity index is 1.89. The van der Waals surface area contributed by atoms with Gasteiger partial charge in [0.15, 0.2) is 0 Å². The molecule has 2 amide bonds. The molecular weight excluding hydrogens is 438 g/mol. The largest absolute Gasteiger partial charge is 0.444 e. The van der Waals surface area contributed by atoms with E-state index in [9.17, 15) is 14.0 Å². The molecule has 1 N–H and O–H groups in total. The molecule has 1 aliphatic heterocycles. The first kappa shape index (κ1) is 19.9. The molecule has 1 saturated heterocycles. The Labute approximate surface area is 161 Å². The zero-order valence-corrected chi connectivity index (χ0v) is 16.9. The van der Waals surface area contributed by atoms with Crippen LogP contribution in [-0.4, -0.2) is 42.1 Å². The van der Waals surface area contributed by atoms with Crippen LogP contribution in [-0.2, 0) is 4.74 Å². The normalized spacial score (nSPS) is 18.0. The summed E-state index contributed by atoms with van der Waals surface area (Å²) in [5, 5.41) is 2.86. The van der Waals surface area contributed by atoms with Crippen molar-refractivity contribution in [2.45, 2.75) is 39.2 Å². The Hall–Kier alpha value is -1.38. The number of nitrogens with zero attached hydrogens (tertiary/aromatic N) is 1. The molecule has 1 unspecified atom stereocenters. The number of likely N-dealkylation sites (tertiary alicyclic amines) is 1. The number of amides is 2. The Morgan fingerprint density at radius 3 is 2.80 bits per heavy atom. The molecule has 0 aromatic heterocycles. The van der Waals surface area contributed by atoms with Gasteiger partial charge in [0.05, 0.1) is 5.56 Å². The summed E-state index contributed by atoms with van der Waals surface area (Å²) in [6.45, 7) is 7.19. The Morgan fingerprint density at radius 1 is 1.40 bits per heavy atom. The van der Waals surface area contributed by atoms with E-state index < -0.39 is 11.4 Å². The maximum Gasteiger partial charge on any atom is 0.410 e. The maximum atomic E-state index is 13.3. The highest BCUT2D eigenvalue weighted by Crippen LogP contribution is 2.19. The molecule has 1 aromatic carbocycles. The van der Waals surface area contributed by atoms with Gasteiger partial charge in [-0.15, -0.1) is 0 Å². The number of carbonyl (C=O) groups excluding carboxylic acids is 2. The summed E-state index contributed by atoms with van der Waals surface area (Å²) < 4.78 is 19.4. The summed E-state index contributed by atoms with van der Waals surface area (Å²) in [6.07, 6.45) is 1.49. The molecule has 1 heterocycles. The van der Waals surface area contributed by atoms with Crippen LogP contribution in [0.3, 0.4) is 0 Å². The van der Waals surface area contributed by atoms with Crippen LogP contribution in [0.5, 0.6) is 0 Å². The number of piperidine rings is 1. The summed E-state index contributed by atoms with van der Waals surface area (Å²) >= 11 is 2.01. The van der Waals surface area contributed by atoms with Gasteiger partial charge in [0.2, 0.25) is 0 Å². The van der Waals surface area contributed by atoms with Crippen molar-refractivity contribution in [3.8, 4) is 0 Å². The second-order valence-corrected chi connectivity index (χ2v) is 8.43. The standard InChI is InChI=1S/C18H24FIN2O3/c1-18(2,3)25-17(24)22-8-4-5-12(11-22)10-21-16(23)14-9-13(19)6-7-15(14)20/h6-7,9,12H,4-5,8,10-11H2,1-3H3,(H,21,23). The quantitative estimate of drug-likeness (QED) is 0.696. The van der Waals surface area contributed by atoms with Crippen LogP contribution in [0.2, 0.25) is 0 Å². The van der Waals surface area contributed by atoms with Crippen molar-refractivity contribution in [3.05, 3.63) is 33.1 Å². The van der Waals surface area contributed by atoms with E-state index in [1.807, 2.05) is 43.4 Å². The first-order valence-electron chi connectivity index (χ1n) is 8.37. The molecular formula is C18H24FIN2O3. The predicted octanol–water partition coefficient (Wildman–Crippen LogP) is 3.81. The lowest BCUT2D eigenvalue weighted by molar-refractivity contribution is 0.0167. The van der Waals surface area contributed by atoms with Gasteiger partial charge in [-0.25, -0.2) is 9.18 Å². The van der Waals surface area contributed by atoms with Gasteiger partial charge >= 0.3 is 6.09 Å². The van der Waals surface area contributed by atoms with Gasteiger partial charge in [0, 0.05) is 23.2 Å². The Morgan fingerprint density at radius 2 is 2.12 bits per heavy atom. The molecule has 7 heteroatoms. The predicted molar refractivity (Wildman–Crippen MR) is 102 cm³/mol. The first-order chi connectivity index (χ1) is 11.7. The number of benzene rings is 1. The highest BCUT2D eigenvalue weighted by Gasteiger charge is 2.28. The van der Waals surface area contributed by atoms with Gasteiger partial charge in [-0.05, 0) is 80.3 Å². The third kappa shape index (κ3) is 6.13. The minimum absolute atomic E-state index is 0.163. The van der Waals surface area contributed by atoms with Gasteiger partial charge in [-0.1, -0.05) is 0 Å². The molecule has 0 bridgehead atoms. The van der Waals surface area contributed by atoms with Crippen molar-refractivity contribution >= 4 is 34.6 Å². The minimum atomic E-state index is -0.522. The molecule has 2 rings (SSSR count). The fourth-order valence-corrected chi connectivity index (χ4v) is 3.31. The zero-order valence-electron chi connectivity index (χ0n) is 14.8. The third-order valence-electron chi connectivity index (χ3n) is 3.90. The lowest BCUT2D eigenvalue weighted by atomic mass is 9.98. The van der Waals surface area contributed by atoms with E-state index in [0.29, 0.717) is 28.8 Å². The van der Waals surface area contributed by atoms with Gasteiger partial charge in [0.25, 0.3) is 5.91 Å². The number of halogens is 2. The molecule has 1 aromatic rings. The Kier molecular flexibility index (Phi) is 6.65. The number of ether oxygens (including phenoxy) is 1. The first-order valence-corrected chi connectivity index (χ1v) is 9.45. The zero-order chi connectivity index (χ0) is 18.6. The third-order valence-corrected chi connectivity index (χ3v) is 4.84. The van der Waals surface area contributed by atoms with Crippen molar-refractivity contribution < 1.29 is 18.7 Å². The topological polar surface area (TPSA) is 58.6 Å². The van der Waals surface area contributed by atoms with Crippen LogP contribution in [0.4, 0.5) is 9.18 Å². The average molecular weight is 462 g/mol. The summed E-state index contributed by atoms with van der Waals surface area (Å²) in [5.41, 5.74) is -0.188. The highest BCUT2D eigenvalue weighted by atomic mass is 127. The summed E-state index contributed by atoms with van der Waals surface area (Å²) in [6, 6.07) is 4.15. The molecule has 0 saturated carbocycles. The van der Waals surface area contributed by atoms with Gasteiger partial charge in [-0.3, -0.25) is 4.79 Å². The van der Waals surface area contributed by atoms with E-state index in [4.69, 9.17) is 4.74 Å². The van der Waals surface area contributed by atoms with Crippen LogP contribution in [0.15, 0.2) is 18.2 Å². The average Bonchev–Trinajstić information content (AvgIpc) is 2.53. The van der Waals surface area contributed by atoms with E-state index in [-0.39, 0.29) is 17.9 Å². The number of carbonyl (C=O) groups is 2. The van der Waals surface area contributed by atoms with Crippen molar-refractivity contribution in [3.63, 3.8) is 0 Å². The van der Waals surface area contributed by atoms with Crippen LogP contribution < -0.4 is 5.32 Å². The van der Waals surface area contributed by atoms with Crippen molar-refractivity contribution in [1.29, 1.82) is 0 Å². The second-order valence-electron chi connectivity index (χ2n) is 7.27. The van der Waals surface area contributed by atoms with Crippen molar-refractivity contribution in [1.82, 2.24) is 10.2 Å². The fraction of sp³-hybridized carbons (Fsp3) is 0.556. The summed E-state index contributed by atoms with van der Waals surface area (Å²) in [5.74, 6) is -0.561. The molecule has 0 radical (unpaired) electrons. The molecule has 1 atom stereocenters. The number of hydrogen-bond acceptors (Lipinski definition) is 3. The van der Waals surface area contributed by atoms with Crippen molar-refractivity contribution in [2.24, 2.45) is 5.92 Å². The fourth-order valence-electron chi connectivity index (χ4n) is 2.73. The van der Waals surface area contributed by atoms with Gasteiger partial charge < -0.3 is 15.0 Å². The molecule has 5 nitrogen and oxygen atoms in total. The van der Waals surface area contributed by atoms with E-state index >= 15 is 0 Å². The van der Waals surface area contributed by atoms with E-state index in [2.05, 4.69) is 5.32 Å². The number of nitrogens with one attached hydrogen (secondary N) is 1. The van der Waals surface area contributed by atoms with E-state index in [1.54, 1.807) is 11.0 Å². The molecule has 0 spiro atoms. The molecule has 138 valence electrons. The summed E-state index contributed by atoms with van der Waals surface area (Å²) in [7, 11) is 0. The van der Waals surface area contributed by atoms with Crippen LogP contribution in [0.1, 0.15) is 44.0 Å². The molecule has 25 heavy (non-hydrogen) atoms. The molecule has 1 fully saturated rings. The van der Waals surface area contributed by atoms with E-state index in [0.717, 1.165) is 12.8 Å². The van der Waals surface area contributed by atoms with Crippen molar-refractivity contribution in [2.75, 3.05) is 19.6 Å². The van der Waals surface area contributed by atoms with Crippen LogP contribution >= 0.6 is 22.6 Å². The number of hydrogen-bond donors (Lipinski definition) is 1. The SMILES string of the molecule is CC(C)(C)OC(=O)N1CCCC(CNC(=O)c2cc(F)ccc2I)C1. The second kappa shape index (κ2) is 8.33. The monoisotopic (exact) mass is 462 g/mol. The van der Waals surface area contributed by atoms with Gasteiger partial charge in [-0.2, -0.15) is 0 Å². The van der Waals surface area contributed by atoms with Gasteiger partial charge in [0.1, 0.15) is 11.4 Å². The maximum absolute atomic E-state index is 13.3. The smallest absolute Gasteiger partial charge is 0.410 e. The van der Waals surface area contributed by atoms with Crippen LogP contribution in [0.25, 0.3) is 0 Å². The molecule has 1 aliphatic rings. The lowest BCUT2D eigenvalue weighted by Gasteiger charge is -2.34. The van der Waals surface area contributed by atoms with Crippen LogP contribution in [0, 0.1) is 15.3 Å². The summed E-state index contributed by atoms with van der Waals surface area (Å²) in [4.78, 5) is 26.1. The Bertz CT molecular complexity index is 646. The highest BCUT2D eigenvalue weighted by molar-refractivity contribution is 14.1. The minimum Gasteiger partial charge on any atom is -0.444 e. The van der Waals surface area contributed by atoms with E-state index in [1.165, 1.54) is 12.1 Å².